The van der Waals surface area contributed by atoms with Gasteiger partial charge >= 0.3 is 5.97 Å². The molecular weight excluding hydrogens is 294 g/mol. The summed E-state index contributed by atoms with van der Waals surface area (Å²) in [4.78, 5) is 25.3. The number of nitrogens with two attached hydrogens (primary N) is 1. The molecule has 0 saturated carbocycles. The molecule has 1 aromatic carbocycles. The maximum absolute atomic E-state index is 12.0. The quantitative estimate of drug-likeness (QED) is 0.739. The van der Waals surface area contributed by atoms with Crippen molar-refractivity contribution in [1.82, 2.24) is 5.32 Å². The monoisotopic (exact) mass is 311 g/mol. The van der Waals surface area contributed by atoms with Gasteiger partial charge in [0, 0.05) is 19.3 Å². The lowest BCUT2D eigenvalue weighted by atomic mass is 9.98. The minimum absolute atomic E-state index is 0.0239. The van der Waals surface area contributed by atoms with Crippen LogP contribution < -0.4 is 16.0 Å². The smallest absolute Gasteiger partial charge is 0.337 e. The lowest BCUT2D eigenvalue weighted by Crippen LogP contribution is -2.49. The number of nitrogens with zero attached hydrogens (tertiary/aromatic N) is 1. The maximum atomic E-state index is 12.0. The zero-order chi connectivity index (χ0) is 15.6. The van der Waals surface area contributed by atoms with Crippen LogP contribution in [0.1, 0.15) is 29.6 Å². The van der Waals surface area contributed by atoms with Gasteiger partial charge in [0.2, 0.25) is 5.91 Å². The highest BCUT2D eigenvalue weighted by Gasteiger charge is 2.32. The first kappa shape index (κ1) is 15.4. The molecule has 1 atom stereocenters. The Labute approximate surface area is 127 Å². The summed E-state index contributed by atoms with van der Waals surface area (Å²) in [5.41, 5.74) is 6.35. The molecule has 114 valence electrons. The van der Waals surface area contributed by atoms with Gasteiger partial charge in [-0.25, -0.2) is 4.79 Å². The number of anilines is 2. The summed E-state index contributed by atoms with van der Waals surface area (Å²) in [7, 11) is 1.57. The molecule has 1 amide bonds. The molecule has 1 aliphatic heterocycles. The second kappa shape index (κ2) is 6.22. The Hall–Kier alpha value is -1.95. The van der Waals surface area contributed by atoms with Gasteiger partial charge in [-0.15, -0.1) is 0 Å². The number of hydrogen-bond acceptors (Lipinski definition) is 4. The third-order valence-electron chi connectivity index (χ3n) is 3.66. The molecular formula is C14H18ClN3O3. The number of piperidine rings is 1. The first-order valence-corrected chi connectivity index (χ1v) is 7.14. The molecule has 0 spiro atoms. The largest absolute Gasteiger partial charge is 0.478 e. The third kappa shape index (κ3) is 3.05. The van der Waals surface area contributed by atoms with E-state index in [1.807, 2.05) is 0 Å². The van der Waals surface area contributed by atoms with E-state index in [1.54, 1.807) is 11.9 Å². The van der Waals surface area contributed by atoms with Crippen molar-refractivity contribution in [1.29, 1.82) is 0 Å². The molecule has 2 rings (SSSR count). The highest BCUT2D eigenvalue weighted by atomic mass is 35.5. The minimum atomic E-state index is -1.11. The summed E-state index contributed by atoms with van der Waals surface area (Å²) in [5.74, 6) is -1.25. The van der Waals surface area contributed by atoms with Crippen molar-refractivity contribution in [2.24, 2.45) is 0 Å². The van der Waals surface area contributed by atoms with Gasteiger partial charge in [-0.2, -0.15) is 0 Å². The van der Waals surface area contributed by atoms with E-state index in [1.165, 1.54) is 12.1 Å². The van der Waals surface area contributed by atoms with E-state index in [0.717, 1.165) is 12.8 Å². The summed E-state index contributed by atoms with van der Waals surface area (Å²) < 4.78 is 0. The van der Waals surface area contributed by atoms with Gasteiger partial charge in [0.25, 0.3) is 0 Å². The number of hydrogen-bond donors (Lipinski definition) is 3. The number of nitrogen functional groups attached to an aromatic ring is 1. The number of likely N-dealkylation sites (N-methyl/N-ethyl adjacent to an activating group) is 1. The van der Waals surface area contributed by atoms with Crippen LogP contribution >= 0.6 is 11.6 Å². The molecule has 1 saturated heterocycles. The SMILES string of the molecule is CNC(=O)C1CCCCN1c1c(Cl)cc(N)cc1C(=O)O. The normalized spacial score (nSPS) is 18.4. The van der Waals surface area contributed by atoms with Crippen LogP contribution in [0.15, 0.2) is 12.1 Å². The Kier molecular flexibility index (Phi) is 4.57. The summed E-state index contributed by atoms with van der Waals surface area (Å²) in [6.07, 6.45) is 2.47. The number of carboxylic acid groups (broad SMARTS) is 1. The Bertz CT molecular complexity index is 577. The predicted molar refractivity (Wildman–Crippen MR) is 81.9 cm³/mol. The molecule has 0 radical (unpaired) electrons. The van der Waals surface area contributed by atoms with Gasteiger partial charge in [0.15, 0.2) is 0 Å². The number of nitrogens with one attached hydrogen (secondary N) is 1. The van der Waals surface area contributed by atoms with Crippen LogP contribution in [0.4, 0.5) is 11.4 Å². The van der Waals surface area contributed by atoms with Crippen LogP contribution in [-0.4, -0.2) is 36.6 Å². The van der Waals surface area contributed by atoms with Crippen molar-refractivity contribution in [3.05, 3.63) is 22.7 Å². The fourth-order valence-electron chi connectivity index (χ4n) is 2.71. The average molecular weight is 312 g/mol. The number of halogens is 1. The van der Waals surface area contributed by atoms with Crippen molar-refractivity contribution >= 4 is 34.9 Å². The van der Waals surface area contributed by atoms with Gasteiger partial charge in [-0.3, -0.25) is 4.79 Å². The standard InChI is InChI=1S/C14H18ClN3O3/c1-17-13(19)11-4-2-3-5-18(11)12-9(14(20)21)6-8(16)7-10(12)15/h6-7,11H,2-5,16H2,1H3,(H,17,19)(H,20,21). The van der Waals surface area contributed by atoms with E-state index >= 15 is 0 Å². The van der Waals surface area contributed by atoms with Crippen LogP contribution in [0.3, 0.4) is 0 Å². The molecule has 1 aromatic rings. The highest BCUT2D eigenvalue weighted by molar-refractivity contribution is 6.34. The van der Waals surface area contributed by atoms with Crippen molar-refractivity contribution in [3.63, 3.8) is 0 Å². The van der Waals surface area contributed by atoms with E-state index in [-0.39, 0.29) is 22.2 Å². The van der Waals surface area contributed by atoms with Gasteiger partial charge in [0.05, 0.1) is 16.3 Å². The van der Waals surface area contributed by atoms with Crippen LogP contribution in [0.2, 0.25) is 5.02 Å². The first-order chi connectivity index (χ1) is 9.95. The fourth-order valence-corrected chi connectivity index (χ4v) is 3.05. The molecule has 1 fully saturated rings. The van der Waals surface area contributed by atoms with Crippen LogP contribution in [0.25, 0.3) is 0 Å². The van der Waals surface area contributed by atoms with Gasteiger partial charge in [-0.1, -0.05) is 11.6 Å². The molecule has 6 nitrogen and oxygen atoms in total. The molecule has 0 aromatic heterocycles. The second-order valence-electron chi connectivity index (χ2n) is 5.02. The Morgan fingerprint density at radius 3 is 2.76 bits per heavy atom. The molecule has 1 unspecified atom stereocenters. The Morgan fingerprint density at radius 2 is 2.14 bits per heavy atom. The number of aromatic carboxylic acids is 1. The summed E-state index contributed by atoms with van der Waals surface area (Å²) >= 11 is 6.21. The number of carbonyl (C=O) groups is 2. The summed E-state index contributed by atoms with van der Waals surface area (Å²) in [6, 6.07) is 2.47. The lowest BCUT2D eigenvalue weighted by Gasteiger charge is -2.37. The van der Waals surface area contributed by atoms with Crippen molar-refractivity contribution in [3.8, 4) is 0 Å². The van der Waals surface area contributed by atoms with E-state index in [9.17, 15) is 14.7 Å². The fraction of sp³-hybridized carbons (Fsp3) is 0.429. The number of benzene rings is 1. The van der Waals surface area contributed by atoms with E-state index in [0.29, 0.717) is 18.7 Å². The van der Waals surface area contributed by atoms with Crippen molar-refractivity contribution < 1.29 is 14.7 Å². The van der Waals surface area contributed by atoms with Crippen molar-refractivity contribution in [2.45, 2.75) is 25.3 Å². The van der Waals surface area contributed by atoms with Crippen LogP contribution in [-0.2, 0) is 4.79 Å². The summed E-state index contributed by atoms with van der Waals surface area (Å²) in [5, 5.41) is 12.3. The number of carbonyl (C=O) groups excluding carboxylic acids is 1. The predicted octanol–water partition coefficient (Wildman–Crippen LogP) is 1.73. The zero-order valence-electron chi connectivity index (χ0n) is 11.7. The van der Waals surface area contributed by atoms with Gasteiger partial charge in [0.1, 0.15) is 6.04 Å². The summed E-state index contributed by atoms with van der Waals surface area (Å²) in [6.45, 7) is 0.585. The molecule has 1 heterocycles. The second-order valence-corrected chi connectivity index (χ2v) is 5.43. The van der Waals surface area contributed by atoms with Crippen molar-refractivity contribution in [2.75, 3.05) is 24.2 Å². The topological polar surface area (TPSA) is 95.7 Å². The molecule has 1 aliphatic rings. The van der Waals surface area contributed by atoms with E-state index < -0.39 is 12.0 Å². The van der Waals surface area contributed by atoms with E-state index in [4.69, 9.17) is 17.3 Å². The number of amides is 1. The minimum Gasteiger partial charge on any atom is -0.478 e. The highest BCUT2D eigenvalue weighted by Crippen LogP contribution is 2.36. The van der Waals surface area contributed by atoms with Crippen LogP contribution in [0.5, 0.6) is 0 Å². The molecule has 7 heteroatoms. The number of carboxylic acids is 1. The van der Waals surface area contributed by atoms with Gasteiger partial charge < -0.3 is 21.1 Å². The molecule has 0 bridgehead atoms. The Morgan fingerprint density at radius 1 is 1.43 bits per heavy atom. The maximum Gasteiger partial charge on any atom is 0.337 e. The van der Waals surface area contributed by atoms with E-state index in [2.05, 4.69) is 5.32 Å². The zero-order valence-corrected chi connectivity index (χ0v) is 12.5. The lowest BCUT2D eigenvalue weighted by molar-refractivity contribution is -0.122. The number of rotatable bonds is 3. The Balaban J connectivity index is 2.52. The average Bonchev–Trinajstić information content (AvgIpc) is 2.45. The first-order valence-electron chi connectivity index (χ1n) is 6.76. The third-order valence-corrected chi connectivity index (χ3v) is 3.94. The molecule has 4 N–H and O–H groups in total. The molecule has 0 aliphatic carbocycles. The van der Waals surface area contributed by atoms with Gasteiger partial charge in [-0.05, 0) is 31.4 Å². The molecule has 21 heavy (non-hydrogen) atoms. The van der Waals surface area contributed by atoms with Crippen LogP contribution in [0, 0.1) is 0 Å².